The van der Waals surface area contributed by atoms with Crippen LogP contribution in [0.15, 0.2) is 54.9 Å². The minimum absolute atomic E-state index is 0.000216. The maximum Gasteiger partial charge on any atom is 0.341 e. The summed E-state index contributed by atoms with van der Waals surface area (Å²) in [4.78, 5) is 55.4. The number of rotatable bonds is 10. The van der Waals surface area contributed by atoms with E-state index < -0.39 is 22.6 Å². The van der Waals surface area contributed by atoms with Crippen LogP contribution in [-0.4, -0.2) is 59.5 Å². The lowest BCUT2D eigenvalue weighted by Gasteiger charge is -2.10. The zero-order valence-electron chi connectivity index (χ0n) is 22.1. The van der Waals surface area contributed by atoms with Crippen molar-refractivity contribution in [2.75, 3.05) is 27.4 Å². The predicted octanol–water partition coefficient (Wildman–Crippen LogP) is 4.51. The molecule has 0 atom stereocenters. The summed E-state index contributed by atoms with van der Waals surface area (Å²) in [5.41, 5.74) is -0.0243. The van der Waals surface area contributed by atoms with Crippen molar-refractivity contribution in [3.63, 3.8) is 0 Å². The first-order valence-corrected chi connectivity index (χ1v) is 12.1. The number of ether oxygens (including phenoxy) is 4. The van der Waals surface area contributed by atoms with E-state index in [2.05, 4.69) is 4.98 Å². The van der Waals surface area contributed by atoms with E-state index in [4.69, 9.17) is 18.9 Å². The zero-order chi connectivity index (χ0) is 29.0. The molecule has 2 heterocycles. The molecule has 0 aliphatic heterocycles. The quantitative estimate of drug-likeness (QED) is 0.120. The van der Waals surface area contributed by atoms with Crippen LogP contribution in [0, 0.1) is 10.1 Å². The molecule has 12 nitrogen and oxygen atoms in total. The van der Waals surface area contributed by atoms with Crippen LogP contribution >= 0.6 is 0 Å². The lowest BCUT2D eigenvalue weighted by Crippen LogP contribution is -2.17. The number of nitrogens with zero attached hydrogens (tertiary/aromatic N) is 3. The van der Waals surface area contributed by atoms with Gasteiger partial charge >= 0.3 is 11.9 Å². The predicted molar refractivity (Wildman–Crippen MR) is 142 cm³/mol. The van der Waals surface area contributed by atoms with E-state index in [1.54, 1.807) is 32.0 Å². The fourth-order valence-electron chi connectivity index (χ4n) is 4.24. The van der Waals surface area contributed by atoms with Crippen molar-refractivity contribution in [3.05, 3.63) is 87.4 Å². The second kappa shape index (κ2) is 11.6. The van der Waals surface area contributed by atoms with Crippen molar-refractivity contribution in [2.45, 2.75) is 13.8 Å². The van der Waals surface area contributed by atoms with E-state index in [0.29, 0.717) is 22.8 Å². The summed E-state index contributed by atoms with van der Waals surface area (Å²) in [6.45, 7) is 3.15. The summed E-state index contributed by atoms with van der Waals surface area (Å²) in [5.74, 6) is -1.60. The number of nitro groups is 1. The van der Waals surface area contributed by atoms with Crippen LogP contribution in [0.2, 0.25) is 0 Å². The van der Waals surface area contributed by atoms with Crippen LogP contribution in [0.4, 0.5) is 5.69 Å². The number of methoxy groups -OCH3 is 2. The van der Waals surface area contributed by atoms with Gasteiger partial charge in [-0.05, 0) is 38.1 Å². The molecule has 2 aromatic carbocycles. The van der Waals surface area contributed by atoms with Gasteiger partial charge in [-0.25, -0.2) is 14.6 Å². The molecule has 4 rings (SSSR count). The molecular formula is C28H25N3O9. The minimum Gasteiger partial charge on any atom is -0.493 e. The molecule has 206 valence electrons. The Hall–Kier alpha value is -5.26. The van der Waals surface area contributed by atoms with E-state index in [1.165, 1.54) is 49.2 Å². The van der Waals surface area contributed by atoms with Crippen LogP contribution in [0.25, 0.3) is 16.8 Å². The Morgan fingerprint density at radius 1 is 0.900 bits per heavy atom. The van der Waals surface area contributed by atoms with Gasteiger partial charge in [0.2, 0.25) is 5.78 Å². The Labute approximate surface area is 228 Å². The van der Waals surface area contributed by atoms with Crippen LogP contribution < -0.4 is 9.47 Å². The molecule has 0 unspecified atom stereocenters. The van der Waals surface area contributed by atoms with Crippen LogP contribution in [0.1, 0.15) is 50.6 Å². The monoisotopic (exact) mass is 547 g/mol. The fourth-order valence-corrected chi connectivity index (χ4v) is 4.24. The summed E-state index contributed by atoms with van der Waals surface area (Å²) in [6.07, 6.45) is 1.29. The number of hydrogen-bond acceptors (Lipinski definition) is 10. The summed E-state index contributed by atoms with van der Waals surface area (Å²) in [7, 11) is 2.99. The maximum absolute atomic E-state index is 13.8. The van der Waals surface area contributed by atoms with E-state index in [1.807, 2.05) is 0 Å². The smallest absolute Gasteiger partial charge is 0.341 e. The molecule has 0 saturated carbocycles. The van der Waals surface area contributed by atoms with E-state index in [0.717, 1.165) is 6.07 Å². The molecule has 40 heavy (non-hydrogen) atoms. The topological polar surface area (TPSA) is 149 Å². The highest BCUT2D eigenvalue weighted by Gasteiger charge is 2.34. The second-order valence-electron chi connectivity index (χ2n) is 8.28. The average molecular weight is 548 g/mol. The molecule has 0 radical (unpaired) electrons. The SMILES string of the molecule is CCOC(=O)c1c(C(=O)OCC)c2cc(-c3ccc(OC)c(OC)c3)ncn2c1C(=O)c1cccc([N+](=O)[O-])c1. The number of benzene rings is 2. The van der Waals surface area contributed by atoms with Gasteiger partial charge in [0.15, 0.2) is 11.5 Å². The normalized spacial score (nSPS) is 10.7. The highest BCUT2D eigenvalue weighted by atomic mass is 16.6. The Morgan fingerprint density at radius 3 is 2.20 bits per heavy atom. The first-order chi connectivity index (χ1) is 19.2. The number of fused-ring (bicyclic) bond motifs is 1. The number of nitro benzene ring substituents is 1. The van der Waals surface area contributed by atoms with Crippen LogP contribution in [-0.2, 0) is 9.47 Å². The first kappa shape index (κ1) is 27.8. The maximum atomic E-state index is 13.8. The van der Waals surface area contributed by atoms with Gasteiger partial charge in [-0.2, -0.15) is 0 Å². The number of aromatic nitrogens is 2. The fraction of sp³-hybridized carbons (Fsp3) is 0.214. The molecule has 0 saturated heterocycles. The highest BCUT2D eigenvalue weighted by molar-refractivity contribution is 6.20. The van der Waals surface area contributed by atoms with Gasteiger partial charge in [-0.15, -0.1) is 0 Å². The molecule has 4 aromatic rings. The Morgan fingerprint density at radius 2 is 1.57 bits per heavy atom. The molecule has 0 N–H and O–H groups in total. The summed E-state index contributed by atoms with van der Waals surface area (Å²) < 4.78 is 22.4. The zero-order valence-corrected chi connectivity index (χ0v) is 22.1. The number of carbonyl (C=O) groups excluding carboxylic acids is 3. The summed E-state index contributed by atoms with van der Waals surface area (Å²) in [6, 6.07) is 11.7. The highest BCUT2D eigenvalue weighted by Crippen LogP contribution is 2.34. The molecule has 0 spiro atoms. The van der Waals surface area contributed by atoms with Crippen LogP contribution in [0.3, 0.4) is 0 Å². The minimum atomic E-state index is -0.935. The van der Waals surface area contributed by atoms with Crippen molar-refractivity contribution in [3.8, 4) is 22.8 Å². The molecule has 0 bridgehead atoms. The lowest BCUT2D eigenvalue weighted by molar-refractivity contribution is -0.384. The summed E-state index contributed by atoms with van der Waals surface area (Å²) in [5, 5.41) is 11.3. The van der Waals surface area contributed by atoms with Gasteiger partial charge in [-0.3, -0.25) is 19.3 Å². The molecule has 0 fully saturated rings. The Kier molecular flexibility index (Phi) is 8.08. The molecule has 12 heteroatoms. The number of ketones is 1. The number of non-ortho nitro benzene ring substituents is 1. The van der Waals surface area contributed by atoms with Gasteiger partial charge in [0.1, 0.15) is 23.1 Å². The van der Waals surface area contributed by atoms with Crippen molar-refractivity contribution in [1.82, 2.24) is 9.38 Å². The largest absolute Gasteiger partial charge is 0.493 e. The van der Waals surface area contributed by atoms with E-state index in [-0.39, 0.29) is 46.8 Å². The third-order valence-corrected chi connectivity index (χ3v) is 6.00. The van der Waals surface area contributed by atoms with Gasteiger partial charge in [0, 0.05) is 23.3 Å². The third kappa shape index (κ3) is 5.06. The third-order valence-electron chi connectivity index (χ3n) is 6.00. The van der Waals surface area contributed by atoms with Gasteiger partial charge < -0.3 is 18.9 Å². The van der Waals surface area contributed by atoms with Crippen molar-refractivity contribution in [2.24, 2.45) is 0 Å². The number of esters is 2. The molecule has 0 aliphatic carbocycles. The van der Waals surface area contributed by atoms with Crippen molar-refractivity contribution in [1.29, 1.82) is 0 Å². The number of hydrogen-bond donors (Lipinski definition) is 0. The molecular weight excluding hydrogens is 522 g/mol. The molecule has 0 aliphatic rings. The average Bonchev–Trinajstić information content (AvgIpc) is 3.31. The second-order valence-corrected chi connectivity index (χ2v) is 8.28. The first-order valence-electron chi connectivity index (χ1n) is 12.1. The van der Waals surface area contributed by atoms with Crippen molar-refractivity contribution < 1.29 is 38.3 Å². The summed E-state index contributed by atoms with van der Waals surface area (Å²) >= 11 is 0. The number of carbonyl (C=O) groups is 3. The Bertz CT molecular complexity index is 1640. The molecule has 0 amide bonds. The lowest BCUT2D eigenvalue weighted by atomic mass is 10.0. The van der Waals surface area contributed by atoms with Gasteiger partial charge in [0.25, 0.3) is 5.69 Å². The van der Waals surface area contributed by atoms with E-state index >= 15 is 0 Å². The van der Waals surface area contributed by atoms with Gasteiger partial charge in [0.05, 0.1) is 43.6 Å². The Balaban J connectivity index is 2.03. The van der Waals surface area contributed by atoms with E-state index in [9.17, 15) is 24.5 Å². The molecule has 2 aromatic heterocycles. The van der Waals surface area contributed by atoms with Crippen LogP contribution in [0.5, 0.6) is 11.5 Å². The van der Waals surface area contributed by atoms with Gasteiger partial charge in [-0.1, -0.05) is 12.1 Å². The standard InChI is InChI=1S/C28H25N3O9/c1-5-39-27(33)23-20-14-19(16-10-11-21(37-3)22(13-16)38-4)29-15-30(20)25(24(23)28(34)40-6-2)26(32)17-8-7-9-18(12-17)31(35)36/h7-15H,5-6H2,1-4H3. The van der Waals surface area contributed by atoms with Crippen molar-refractivity contribution >= 4 is 28.9 Å².